The van der Waals surface area contributed by atoms with Gasteiger partial charge >= 0.3 is 0 Å². The number of ketones is 2. The van der Waals surface area contributed by atoms with E-state index in [2.05, 4.69) is 9.97 Å². The normalized spacial score (nSPS) is 11.0. The number of benzene rings is 1. The minimum absolute atomic E-state index is 0.0613. The maximum atomic E-state index is 13.6. The SMILES string of the molecule is CCC(=O)c1csc(C(=O)c2c[nH]c3c(F)cc(F)cc23)n1. The average Bonchev–Trinajstić information content (AvgIpc) is 3.12. The van der Waals surface area contributed by atoms with Gasteiger partial charge in [-0.05, 0) is 6.07 Å². The van der Waals surface area contributed by atoms with Crippen LogP contribution in [0.3, 0.4) is 0 Å². The Labute approximate surface area is 127 Å². The van der Waals surface area contributed by atoms with Gasteiger partial charge < -0.3 is 4.98 Å². The molecule has 2 aromatic heterocycles. The second-order valence-electron chi connectivity index (χ2n) is 4.66. The van der Waals surface area contributed by atoms with Crippen molar-refractivity contribution in [3.63, 3.8) is 0 Å². The van der Waals surface area contributed by atoms with Gasteiger partial charge in [-0.15, -0.1) is 11.3 Å². The fourth-order valence-electron chi connectivity index (χ4n) is 2.15. The number of nitrogens with one attached hydrogen (secondary N) is 1. The lowest BCUT2D eigenvalue weighted by Crippen LogP contribution is -2.02. The molecule has 1 aromatic carbocycles. The molecule has 2 heterocycles. The standard InChI is InChI=1S/C15H10F2N2O2S/c1-2-12(20)11-6-22-15(19-11)14(21)9-5-18-13-8(9)3-7(16)4-10(13)17/h3-6,18H,2H2,1H3. The Bertz CT molecular complexity index is 898. The number of rotatable bonds is 4. The van der Waals surface area contributed by atoms with Crippen molar-refractivity contribution in [2.45, 2.75) is 13.3 Å². The van der Waals surface area contributed by atoms with Crippen molar-refractivity contribution < 1.29 is 18.4 Å². The molecular formula is C15H10F2N2O2S. The van der Waals surface area contributed by atoms with Crippen LogP contribution in [0, 0.1) is 11.6 Å². The number of nitrogens with zero attached hydrogens (tertiary/aromatic N) is 1. The Morgan fingerprint density at radius 3 is 2.82 bits per heavy atom. The van der Waals surface area contributed by atoms with Gasteiger partial charge in [0.25, 0.3) is 0 Å². The van der Waals surface area contributed by atoms with Crippen LogP contribution in [0.25, 0.3) is 10.9 Å². The van der Waals surface area contributed by atoms with Crippen molar-refractivity contribution in [3.05, 3.63) is 51.6 Å². The number of aromatic nitrogens is 2. The molecule has 112 valence electrons. The van der Waals surface area contributed by atoms with Crippen LogP contribution in [0.1, 0.15) is 39.2 Å². The van der Waals surface area contributed by atoms with Crippen LogP contribution in [-0.4, -0.2) is 21.5 Å². The van der Waals surface area contributed by atoms with Gasteiger partial charge in [-0.1, -0.05) is 6.92 Å². The molecule has 0 saturated carbocycles. The van der Waals surface area contributed by atoms with Gasteiger partial charge in [-0.2, -0.15) is 0 Å². The highest BCUT2D eigenvalue weighted by Crippen LogP contribution is 2.25. The number of carbonyl (C=O) groups is 2. The quantitative estimate of drug-likeness (QED) is 0.745. The van der Waals surface area contributed by atoms with Gasteiger partial charge in [-0.3, -0.25) is 9.59 Å². The molecule has 0 aliphatic rings. The number of thiazole rings is 1. The minimum atomic E-state index is -0.768. The van der Waals surface area contributed by atoms with Crippen molar-refractivity contribution in [2.75, 3.05) is 0 Å². The van der Waals surface area contributed by atoms with Crippen LogP contribution < -0.4 is 0 Å². The van der Waals surface area contributed by atoms with Gasteiger partial charge in [0.1, 0.15) is 17.3 Å². The summed E-state index contributed by atoms with van der Waals surface area (Å²) in [6.45, 7) is 1.70. The maximum absolute atomic E-state index is 13.6. The Balaban J connectivity index is 2.06. The summed E-state index contributed by atoms with van der Waals surface area (Å²) in [4.78, 5) is 30.6. The molecule has 3 aromatic rings. The van der Waals surface area contributed by atoms with E-state index in [1.807, 2.05) is 0 Å². The summed E-state index contributed by atoms with van der Waals surface area (Å²) in [6.07, 6.45) is 1.61. The number of hydrogen-bond donors (Lipinski definition) is 1. The molecule has 7 heteroatoms. The summed E-state index contributed by atoms with van der Waals surface area (Å²) in [5, 5.41) is 1.78. The van der Waals surface area contributed by atoms with E-state index in [4.69, 9.17) is 0 Å². The molecule has 4 nitrogen and oxygen atoms in total. The average molecular weight is 320 g/mol. The van der Waals surface area contributed by atoms with Crippen molar-refractivity contribution in [3.8, 4) is 0 Å². The molecule has 0 fully saturated rings. The van der Waals surface area contributed by atoms with E-state index in [9.17, 15) is 18.4 Å². The van der Waals surface area contributed by atoms with E-state index in [0.717, 1.165) is 23.5 Å². The number of fused-ring (bicyclic) bond motifs is 1. The highest BCUT2D eigenvalue weighted by atomic mass is 32.1. The molecule has 0 unspecified atom stereocenters. The van der Waals surface area contributed by atoms with E-state index < -0.39 is 17.4 Å². The first-order chi connectivity index (χ1) is 10.5. The second-order valence-corrected chi connectivity index (χ2v) is 5.51. The van der Waals surface area contributed by atoms with Crippen molar-refractivity contribution >= 4 is 33.8 Å². The molecular weight excluding hydrogens is 310 g/mol. The molecule has 0 saturated heterocycles. The Morgan fingerprint density at radius 2 is 2.09 bits per heavy atom. The largest absolute Gasteiger partial charge is 0.358 e. The third-order valence-electron chi connectivity index (χ3n) is 3.26. The summed E-state index contributed by atoms with van der Waals surface area (Å²) < 4.78 is 27.0. The monoisotopic (exact) mass is 320 g/mol. The molecule has 0 spiro atoms. The number of aromatic amines is 1. The third-order valence-corrected chi connectivity index (χ3v) is 4.10. The first-order valence-electron chi connectivity index (χ1n) is 6.50. The lowest BCUT2D eigenvalue weighted by Gasteiger charge is -1.97. The maximum Gasteiger partial charge on any atom is 0.223 e. The van der Waals surface area contributed by atoms with Gasteiger partial charge in [-0.25, -0.2) is 13.8 Å². The molecule has 0 amide bonds. The van der Waals surface area contributed by atoms with Crippen LogP contribution in [0.15, 0.2) is 23.7 Å². The van der Waals surface area contributed by atoms with E-state index in [0.29, 0.717) is 6.42 Å². The summed E-state index contributed by atoms with van der Waals surface area (Å²) in [7, 11) is 0. The molecule has 0 atom stereocenters. The summed E-state index contributed by atoms with van der Waals surface area (Å²) in [5.41, 5.74) is 0.414. The minimum Gasteiger partial charge on any atom is -0.358 e. The third kappa shape index (κ3) is 2.33. The predicted octanol–water partition coefficient (Wildman–Crippen LogP) is 3.73. The van der Waals surface area contributed by atoms with Gasteiger partial charge in [0.2, 0.25) is 5.78 Å². The highest BCUT2D eigenvalue weighted by Gasteiger charge is 2.20. The zero-order valence-electron chi connectivity index (χ0n) is 11.4. The second kappa shape index (κ2) is 5.42. The molecule has 0 aliphatic heterocycles. The van der Waals surface area contributed by atoms with Crippen LogP contribution in [-0.2, 0) is 0 Å². The predicted molar refractivity (Wildman–Crippen MR) is 78.4 cm³/mol. The molecule has 0 aliphatic carbocycles. The van der Waals surface area contributed by atoms with E-state index in [1.54, 1.807) is 6.92 Å². The lowest BCUT2D eigenvalue weighted by atomic mass is 10.1. The molecule has 22 heavy (non-hydrogen) atoms. The Kier molecular flexibility index (Phi) is 3.58. The van der Waals surface area contributed by atoms with Gasteiger partial charge in [0.05, 0.1) is 11.1 Å². The zero-order chi connectivity index (χ0) is 15.9. The Morgan fingerprint density at radius 1 is 1.32 bits per heavy atom. The fourth-order valence-corrected chi connectivity index (χ4v) is 2.92. The van der Waals surface area contributed by atoms with Crippen LogP contribution in [0.5, 0.6) is 0 Å². The zero-order valence-corrected chi connectivity index (χ0v) is 12.3. The number of carbonyl (C=O) groups excluding carboxylic acids is 2. The smallest absolute Gasteiger partial charge is 0.223 e. The first-order valence-corrected chi connectivity index (χ1v) is 7.38. The summed E-state index contributed by atoms with van der Waals surface area (Å²) in [5.74, 6) is -2.17. The van der Waals surface area contributed by atoms with Gasteiger partial charge in [0.15, 0.2) is 10.8 Å². The van der Waals surface area contributed by atoms with Crippen molar-refractivity contribution in [2.24, 2.45) is 0 Å². The molecule has 0 bridgehead atoms. The molecule has 1 N–H and O–H groups in total. The highest BCUT2D eigenvalue weighted by molar-refractivity contribution is 7.12. The van der Waals surface area contributed by atoms with Crippen LogP contribution in [0.4, 0.5) is 8.78 Å². The van der Waals surface area contributed by atoms with Crippen LogP contribution in [0.2, 0.25) is 0 Å². The van der Waals surface area contributed by atoms with Crippen molar-refractivity contribution in [1.29, 1.82) is 0 Å². The number of halogens is 2. The fraction of sp³-hybridized carbons (Fsp3) is 0.133. The first kappa shape index (κ1) is 14.5. The summed E-state index contributed by atoms with van der Waals surface area (Å²) >= 11 is 1.03. The molecule has 3 rings (SSSR count). The van der Waals surface area contributed by atoms with Gasteiger partial charge in [0, 0.05) is 29.5 Å². The van der Waals surface area contributed by atoms with E-state index >= 15 is 0 Å². The summed E-state index contributed by atoms with van der Waals surface area (Å²) in [6, 6.07) is 1.84. The number of H-pyrrole nitrogens is 1. The number of hydrogen-bond acceptors (Lipinski definition) is 4. The lowest BCUT2D eigenvalue weighted by molar-refractivity contribution is 0.0984. The Hall–Kier alpha value is -2.41. The number of Topliss-reactive ketones (excluding diaryl/α,β-unsaturated/α-hetero) is 1. The van der Waals surface area contributed by atoms with E-state index in [1.165, 1.54) is 11.6 Å². The van der Waals surface area contributed by atoms with E-state index in [-0.39, 0.29) is 33.0 Å². The molecule has 0 radical (unpaired) electrons. The van der Waals surface area contributed by atoms with Crippen LogP contribution >= 0.6 is 11.3 Å². The topological polar surface area (TPSA) is 62.8 Å². The van der Waals surface area contributed by atoms with Crippen molar-refractivity contribution in [1.82, 2.24) is 9.97 Å².